The van der Waals surface area contributed by atoms with Crippen LogP contribution < -0.4 is 16.0 Å². The maximum Gasteiger partial charge on any atom is 0.314 e. The molecule has 2 rings (SSSR count). The number of hydrogen-bond donors (Lipinski definition) is 3. The largest absolute Gasteiger partial charge is 0.355 e. The van der Waals surface area contributed by atoms with Crippen LogP contribution in [0, 0.1) is 5.92 Å². The summed E-state index contributed by atoms with van der Waals surface area (Å²) in [7, 11) is 1.61. The molecular formula is C18H25N3O2. The number of nitrogens with one attached hydrogen (secondary N) is 3. The first-order valence-corrected chi connectivity index (χ1v) is 8.16. The quantitative estimate of drug-likeness (QED) is 0.705. The van der Waals surface area contributed by atoms with Crippen molar-refractivity contribution in [3.8, 4) is 0 Å². The van der Waals surface area contributed by atoms with Crippen LogP contribution in [0.25, 0.3) is 0 Å². The van der Waals surface area contributed by atoms with Crippen LogP contribution in [0.2, 0.25) is 0 Å². The van der Waals surface area contributed by atoms with E-state index in [1.54, 1.807) is 13.1 Å². The lowest BCUT2D eigenvalue weighted by Crippen LogP contribution is -2.39. The fourth-order valence-corrected chi connectivity index (χ4v) is 2.67. The second-order valence-electron chi connectivity index (χ2n) is 5.82. The van der Waals surface area contributed by atoms with Gasteiger partial charge in [0.05, 0.1) is 0 Å². The molecule has 1 aliphatic carbocycles. The van der Waals surface area contributed by atoms with Crippen LogP contribution in [0.15, 0.2) is 36.4 Å². The van der Waals surface area contributed by atoms with Gasteiger partial charge in [-0.2, -0.15) is 0 Å². The molecule has 1 aromatic rings. The second kappa shape index (κ2) is 8.98. The van der Waals surface area contributed by atoms with Gasteiger partial charge in [0.1, 0.15) is 0 Å². The van der Waals surface area contributed by atoms with Crippen molar-refractivity contribution in [2.24, 2.45) is 5.92 Å². The molecule has 1 aromatic carbocycles. The van der Waals surface area contributed by atoms with Crippen LogP contribution in [0.3, 0.4) is 0 Å². The minimum atomic E-state index is -0.123. The Kier molecular flexibility index (Phi) is 6.66. The Bertz CT molecular complexity index is 569. The summed E-state index contributed by atoms with van der Waals surface area (Å²) in [5, 5.41) is 8.40. The molecule has 5 heteroatoms. The van der Waals surface area contributed by atoms with Crippen LogP contribution >= 0.6 is 0 Å². The molecule has 3 amide bonds. The maximum absolute atomic E-state index is 11.8. The number of amides is 3. The molecular weight excluding hydrogens is 290 g/mol. The van der Waals surface area contributed by atoms with E-state index in [-0.39, 0.29) is 11.9 Å². The number of hydrogen-bond acceptors (Lipinski definition) is 2. The lowest BCUT2D eigenvalue weighted by Gasteiger charge is -2.18. The van der Waals surface area contributed by atoms with Gasteiger partial charge in [-0.1, -0.05) is 24.3 Å². The van der Waals surface area contributed by atoms with Crippen molar-refractivity contribution in [1.29, 1.82) is 0 Å². The maximum atomic E-state index is 11.8. The normalized spacial score (nSPS) is 16.7. The SMILES string of the molecule is CNC(=O)c1cccc(CCNC(=O)NC[C@H]2CC=CCC2)c1. The van der Waals surface area contributed by atoms with Crippen LogP contribution in [0.1, 0.15) is 35.2 Å². The molecule has 0 spiro atoms. The van der Waals surface area contributed by atoms with E-state index in [2.05, 4.69) is 28.1 Å². The highest BCUT2D eigenvalue weighted by molar-refractivity contribution is 5.94. The summed E-state index contributed by atoms with van der Waals surface area (Å²) in [5.41, 5.74) is 1.67. The van der Waals surface area contributed by atoms with Crippen molar-refractivity contribution in [2.75, 3.05) is 20.1 Å². The van der Waals surface area contributed by atoms with Gasteiger partial charge >= 0.3 is 6.03 Å². The molecule has 0 saturated heterocycles. The van der Waals surface area contributed by atoms with Crippen molar-refractivity contribution < 1.29 is 9.59 Å². The van der Waals surface area contributed by atoms with Crippen LogP contribution in [0.4, 0.5) is 4.79 Å². The predicted octanol–water partition coefficient (Wildman–Crippen LogP) is 2.24. The third-order valence-corrected chi connectivity index (χ3v) is 4.04. The summed E-state index contributed by atoms with van der Waals surface area (Å²) in [6, 6.07) is 7.33. The first-order chi connectivity index (χ1) is 11.2. The Balaban J connectivity index is 1.68. The summed E-state index contributed by atoms with van der Waals surface area (Å²) in [4.78, 5) is 23.4. The van der Waals surface area contributed by atoms with Crippen molar-refractivity contribution in [3.05, 3.63) is 47.5 Å². The topological polar surface area (TPSA) is 70.2 Å². The summed E-state index contributed by atoms with van der Waals surface area (Å²) in [6.45, 7) is 1.27. The highest BCUT2D eigenvalue weighted by atomic mass is 16.2. The van der Waals surface area contributed by atoms with Crippen molar-refractivity contribution >= 4 is 11.9 Å². The number of carbonyl (C=O) groups excluding carboxylic acids is 2. The van der Waals surface area contributed by atoms with Gasteiger partial charge in [-0.25, -0.2) is 4.79 Å². The third kappa shape index (κ3) is 5.77. The molecule has 0 radical (unpaired) electrons. The summed E-state index contributed by atoms with van der Waals surface area (Å²) in [5.74, 6) is 0.453. The van der Waals surface area contributed by atoms with Gasteiger partial charge in [-0.15, -0.1) is 0 Å². The van der Waals surface area contributed by atoms with Gasteiger partial charge in [0.2, 0.25) is 0 Å². The average molecular weight is 315 g/mol. The zero-order valence-electron chi connectivity index (χ0n) is 13.6. The molecule has 1 atom stereocenters. The zero-order chi connectivity index (χ0) is 16.5. The predicted molar refractivity (Wildman–Crippen MR) is 91.4 cm³/mol. The fraction of sp³-hybridized carbons (Fsp3) is 0.444. The van der Waals surface area contributed by atoms with Gasteiger partial charge in [-0.05, 0) is 49.3 Å². The summed E-state index contributed by atoms with van der Waals surface area (Å²) < 4.78 is 0. The highest BCUT2D eigenvalue weighted by Crippen LogP contribution is 2.16. The van der Waals surface area contributed by atoms with Gasteiger partial charge in [0, 0.05) is 25.7 Å². The number of benzene rings is 1. The smallest absolute Gasteiger partial charge is 0.314 e. The Hall–Kier alpha value is -2.30. The minimum absolute atomic E-state index is 0.0981. The van der Waals surface area contributed by atoms with Gasteiger partial charge in [0.15, 0.2) is 0 Å². The molecule has 0 unspecified atom stereocenters. The number of rotatable bonds is 6. The van der Waals surface area contributed by atoms with E-state index in [9.17, 15) is 9.59 Å². The Morgan fingerprint density at radius 3 is 2.83 bits per heavy atom. The molecule has 0 saturated carbocycles. The lowest BCUT2D eigenvalue weighted by atomic mass is 9.94. The molecule has 5 nitrogen and oxygen atoms in total. The van der Waals surface area contributed by atoms with E-state index in [1.807, 2.05) is 18.2 Å². The van der Waals surface area contributed by atoms with E-state index >= 15 is 0 Å². The number of allylic oxidation sites excluding steroid dienone is 2. The Morgan fingerprint density at radius 2 is 2.09 bits per heavy atom. The van der Waals surface area contributed by atoms with Gasteiger partial charge in [0.25, 0.3) is 5.91 Å². The van der Waals surface area contributed by atoms with Gasteiger partial charge < -0.3 is 16.0 Å². The molecule has 0 aromatic heterocycles. The van der Waals surface area contributed by atoms with E-state index in [0.717, 1.165) is 31.4 Å². The first kappa shape index (κ1) is 17.1. The van der Waals surface area contributed by atoms with E-state index in [4.69, 9.17) is 0 Å². The third-order valence-electron chi connectivity index (χ3n) is 4.04. The second-order valence-corrected chi connectivity index (χ2v) is 5.82. The minimum Gasteiger partial charge on any atom is -0.355 e. The molecule has 1 aliphatic rings. The van der Waals surface area contributed by atoms with E-state index < -0.39 is 0 Å². The molecule has 0 heterocycles. The monoisotopic (exact) mass is 315 g/mol. The van der Waals surface area contributed by atoms with E-state index in [0.29, 0.717) is 24.4 Å². The molecule has 0 aliphatic heterocycles. The standard InChI is InChI=1S/C18H25N3O2/c1-19-17(22)16-9-5-8-14(12-16)10-11-20-18(23)21-13-15-6-3-2-4-7-15/h2-3,5,8-9,12,15H,4,6-7,10-11,13H2,1H3,(H,19,22)(H2,20,21,23)/t15-/m0/s1. The number of carbonyl (C=O) groups is 2. The Labute approximate surface area is 137 Å². The fourth-order valence-electron chi connectivity index (χ4n) is 2.67. The molecule has 0 fully saturated rings. The number of urea groups is 1. The first-order valence-electron chi connectivity index (χ1n) is 8.16. The summed E-state index contributed by atoms with van der Waals surface area (Å²) in [6.07, 6.45) is 8.38. The lowest BCUT2D eigenvalue weighted by molar-refractivity contribution is 0.0963. The van der Waals surface area contributed by atoms with Crippen LogP contribution in [-0.2, 0) is 6.42 Å². The van der Waals surface area contributed by atoms with Crippen LogP contribution in [-0.4, -0.2) is 32.1 Å². The van der Waals surface area contributed by atoms with Crippen molar-refractivity contribution in [3.63, 3.8) is 0 Å². The van der Waals surface area contributed by atoms with E-state index in [1.165, 1.54) is 0 Å². The van der Waals surface area contributed by atoms with Crippen molar-refractivity contribution in [1.82, 2.24) is 16.0 Å². The van der Waals surface area contributed by atoms with Crippen molar-refractivity contribution in [2.45, 2.75) is 25.7 Å². The summed E-state index contributed by atoms with van der Waals surface area (Å²) >= 11 is 0. The Morgan fingerprint density at radius 1 is 1.22 bits per heavy atom. The molecule has 23 heavy (non-hydrogen) atoms. The van der Waals surface area contributed by atoms with Crippen LogP contribution in [0.5, 0.6) is 0 Å². The molecule has 3 N–H and O–H groups in total. The van der Waals surface area contributed by atoms with Gasteiger partial charge in [-0.3, -0.25) is 4.79 Å². The highest BCUT2D eigenvalue weighted by Gasteiger charge is 2.11. The molecule has 124 valence electrons. The zero-order valence-corrected chi connectivity index (χ0v) is 13.6. The molecule has 0 bridgehead atoms. The average Bonchev–Trinajstić information content (AvgIpc) is 2.60.